The predicted octanol–water partition coefficient (Wildman–Crippen LogP) is 4.95. The molecule has 0 bridgehead atoms. The van der Waals surface area contributed by atoms with Crippen LogP contribution in [0.15, 0.2) is 18.2 Å². The van der Waals surface area contributed by atoms with E-state index in [0.29, 0.717) is 16.5 Å². The molecule has 0 spiro atoms. The average molecular weight is 288 g/mol. The molecule has 0 radical (unpaired) electrons. The molecule has 1 N–H and O–H groups in total. The highest BCUT2D eigenvalue weighted by Gasteiger charge is 2.15. The Labute approximate surface area is 121 Å². The van der Waals surface area contributed by atoms with E-state index < -0.39 is 0 Å². The molecule has 18 heavy (non-hydrogen) atoms. The second-order valence-electron chi connectivity index (χ2n) is 6.02. The number of hydrogen-bond acceptors (Lipinski definition) is 1. The van der Waals surface area contributed by atoms with Crippen LogP contribution in [0.1, 0.15) is 39.2 Å². The molecule has 3 heteroatoms. The molecule has 1 nitrogen and oxygen atoms in total. The molecule has 1 aromatic rings. The summed E-state index contributed by atoms with van der Waals surface area (Å²) >= 11 is 12.1. The third kappa shape index (κ3) is 5.60. The predicted molar refractivity (Wildman–Crippen MR) is 81.7 cm³/mol. The number of nitrogens with one attached hydrogen (secondary N) is 1. The SMILES string of the molecule is CNC(CCC(C)(C)C)Cc1ccc(Cl)cc1Cl. The van der Waals surface area contributed by atoms with Crippen molar-refractivity contribution in [3.63, 3.8) is 0 Å². The van der Waals surface area contributed by atoms with Gasteiger partial charge in [0.2, 0.25) is 0 Å². The molecule has 0 saturated carbocycles. The Morgan fingerprint density at radius 2 is 1.89 bits per heavy atom. The number of hydrogen-bond donors (Lipinski definition) is 1. The maximum Gasteiger partial charge on any atom is 0.0453 e. The van der Waals surface area contributed by atoms with Crippen LogP contribution < -0.4 is 5.32 Å². The van der Waals surface area contributed by atoms with Crippen molar-refractivity contribution < 1.29 is 0 Å². The monoisotopic (exact) mass is 287 g/mol. The van der Waals surface area contributed by atoms with Crippen LogP contribution in [0.25, 0.3) is 0 Å². The summed E-state index contributed by atoms with van der Waals surface area (Å²) < 4.78 is 0. The van der Waals surface area contributed by atoms with Gasteiger partial charge in [0.1, 0.15) is 0 Å². The third-order valence-corrected chi connectivity index (χ3v) is 3.72. The van der Waals surface area contributed by atoms with Gasteiger partial charge in [0.15, 0.2) is 0 Å². The Kier molecular flexibility index (Phi) is 5.97. The van der Waals surface area contributed by atoms with Gasteiger partial charge >= 0.3 is 0 Å². The van der Waals surface area contributed by atoms with Gasteiger partial charge in [-0.1, -0.05) is 50.0 Å². The summed E-state index contributed by atoms with van der Waals surface area (Å²) in [6.07, 6.45) is 3.30. The Balaban J connectivity index is 2.62. The van der Waals surface area contributed by atoms with E-state index in [4.69, 9.17) is 23.2 Å². The topological polar surface area (TPSA) is 12.0 Å². The molecule has 1 atom stereocenters. The molecule has 0 aliphatic carbocycles. The summed E-state index contributed by atoms with van der Waals surface area (Å²) in [5.74, 6) is 0. The van der Waals surface area contributed by atoms with Gasteiger partial charge in [-0.3, -0.25) is 0 Å². The van der Waals surface area contributed by atoms with E-state index in [9.17, 15) is 0 Å². The van der Waals surface area contributed by atoms with Gasteiger partial charge in [0.25, 0.3) is 0 Å². The van der Waals surface area contributed by atoms with Crippen LogP contribution >= 0.6 is 23.2 Å². The van der Waals surface area contributed by atoms with Crippen molar-refractivity contribution in [2.75, 3.05) is 7.05 Å². The lowest BCUT2D eigenvalue weighted by Crippen LogP contribution is -2.29. The first-order chi connectivity index (χ1) is 8.31. The molecular formula is C15H23Cl2N. The Bertz CT molecular complexity index is 383. The van der Waals surface area contributed by atoms with Crippen molar-refractivity contribution in [1.29, 1.82) is 0 Å². The fourth-order valence-corrected chi connectivity index (χ4v) is 2.39. The second-order valence-corrected chi connectivity index (χ2v) is 6.87. The van der Waals surface area contributed by atoms with E-state index in [1.54, 1.807) is 0 Å². The molecule has 0 heterocycles. The van der Waals surface area contributed by atoms with Gasteiger partial charge in [0, 0.05) is 16.1 Å². The molecule has 0 amide bonds. The van der Waals surface area contributed by atoms with E-state index in [1.165, 1.54) is 6.42 Å². The highest BCUT2D eigenvalue weighted by molar-refractivity contribution is 6.35. The van der Waals surface area contributed by atoms with Gasteiger partial charge in [-0.15, -0.1) is 0 Å². The first kappa shape index (κ1) is 15.8. The standard InChI is InChI=1S/C15H23Cl2N/c1-15(2,3)8-7-13(18-4)9-11-5-6-12(16)10-14(11)17/h5-6,10,13,18H,7-9H2,1-4H3. The van der Waals surface area contributed by atoms with Crippen molar-refractivity contribution in [2.24, 2.45) is 5.41 Å². The molecule has 0 aromatic heterocycles. The molecule has 1 rings (SSSR count). The highest BCUT2D eigenvalue weighted by atomic mass is 35.5. The van der Waals surface area contributed by atoms with E-state index in [-0.39, 0.29) is 0 Å². The molecule has 0 aliphatic heterocycles. The Morgan fingerprint density at radius 3 is 2.39 bits per heavy atom. The summed E-state index contributed by atoms with van der Waals surface area (Å²) in [6.45, 7) is 6.82. The van der Waals surface area contributed by atoms with Crippen molar-refractivity contribution in [1.82, 2.24) is 5.32 Å². The van der Waals surface area contributed by atoms with Crippen LogP contribution in [-0.2, 0) is 6.42 Å². The molecule has 0 fully saturated rings. The van der Waals surface area contributed by atoms with Crippen LogP contribution in [0.5, 0.6) is 0 Å². The summed E-state index contributed by atoms with van der Waals surface area (Å²) in [6, 6.07) is 6.20. The van der Waals surface area contributed by atoms with E-state index in [1.807, 2.05) is 25.2 Å². The van der Waals surface area contributed by atoms with Crippen molar-refractivity contribution in [3.05, 3.63) is 33.8 Å². The number of rotatable bonds is 5. The molecule has 1 aromatic carbocycles. The van der Waals surface area contributed by atoms with Crippen molar-refractivity contribution >= 4 is 23.2 Å². The largest absolute Gasteiger partial charge is 0.317 e. The fraction of sp³-hybridized carbons (Fsp3) is 0.600. The lowest BCUT2D eigenvalue weighted by Gasteiger charge is -2.23. The molecule has 1 unspecified atom stereocenters. The van der Waals surface area contributed by atoms with Crippen LogP contribution in [0.4, 0.5) is 0 Å². The van der Waals surface area contributed by atoms with E-state index >= 15 is 0 Å². The van der Waals surface area contributed by atoms with Crippen LogP contribution in [0.2, 0.25) is 10.0 Å². The summed E-state index contributed by atoms with van der Waals surface area (Å²) in [5.41, 5.74) is 1.54. The normalized spacial score (nSPS) is 13.7. The number of halogens is 2. The zero-order chi connectivity index (χ0) is 13.8. The van der Waals surface area contributed by atoms with Crippen LogP contribution in [0.3, 0.4) is 0 Å². The maximum absolute atomic E-state index is 6.21. The third-order valence-electron chi connectivity index (χ3n) is 3.13. The van der Waals surface area contributed by atoms with Gasteiger partial charge in [0.05, 0.1) is 0 Å². The van der Waals surface area contributed by atoms with Gasteiger partial charge in [-0.05, 0) is 49.4 Å². The number of likely N-dealkylation sites (N-methyl/N-ethyl adjacent to an activating group) is 1. The lowest BCUT2D eigenvalue weighted by molar-refractivity contribution is 0.334. The van der Waals surface area contributed by atoms with Gasteiger partial charge in [-0.25, -0.2) is 0 Å². The van der Waals surface area contributed by atoms with E-state index in [2.05, 4.69) is 26.1 Å². The Hall–Kier alpha value is -0.240. The molecule has 0 saturated heterocycles. The zero-order valence-corrected chi connectivity index (χ0v) is 13.2. The fourth-order valence-electron chi connectivity index (χ4n) is 1.91. The maximum atomic E-state index is 6.21. The highest BCUT2D eigenvalue weighted by Crippen LogP contribution is 2.25. The van der Waals surface area contributed by atoms with Crippen LogP contribution in [-0.4, -0.2) is 13.1 Å². The molecule has 102 valence electrons. The van der Waals surface area contributed by atoms with E-state index in [0.717, 1.165) is 23.4 Å². The summed E-state index contributed by atoms with van der Waals surface area (Å²) in [7, 11) is 2.01. The van der Waals surface area contributed by atoms with Crippen molar-refractivity contribution in [3.8, 4) is 0 Å². The lowest BCUT2D eigenvalue weighted by atomic mass is 9.87. The smallest absolute Gasteiger partial charge is 0.0453 e. The zero-order valence-electron chi connectivity index (χ0n) is 11.7. The summed E-state index contributed by atoms with van der Waals surface area (Å²) in [5, 5.41) is 4.83. The minimum absolute atomic E-state index is 0.374. The Morgan fingerprint density at radius 1 is 1.22 bits per heavy atom. The first-order valence-corrected chi connectivity index (χ1v) is 7.18. The minimum Gasteiger partial charge on any atom is -0.317 e. The quantitative estimate of drug-likeness (QED) is 0.808. The molecule has 0 aliphatic rings. The van der Waals surface area contributed by atoms with Crippen LogP contribution in [0, 0.1) is 5.41 Å². The first-order valence-electron chi connectivity index (χ1n) is 6.43. The molecular weight excluding hydrogens is 265 g/mol. The minimum atomic E-state index is 0.374. The second kappa shape index (κ2) is 6.79. The van der Waals surface area contributed by atoms with Gasteiger partial charge < -0.3 is 5.32 Å². The van der Waals surface area contributed by atoms with Gasteiger partial charge in [-0.2, -0.15) is 0 Å². The average Bonchev–Trinajstić information content (AvgIpc) is 2.25. The van der Waals surface area contributed by atoms with Crippen molar-refractivity contribution in [2.45, 2.75) is 46.1 Å². The summed E-state index contributed by atoms with van der Waals surface area (Å²) in [4.78, 5) is 0. The number of benzene rings is 1.